The van der Waals surface area contributed by atoms with Crippen LogP contribution in [0.25, 0.3) is 0 Å². The maximum Gasteiger partial charge on any atom is 0.412 e. The van der Waals surface area contributed by atoms with Crippen LogP contribution in [0.4, 0.5) is 17.6 Å². The lowest BCUT2D eigenvalue weighted by Gasteiger charge is -2.37. The molecule has 1 saturated carbocycles. The van der Waals surface area contributed by atoms with Crippen LogP contribution in [-0.2, 0) is 11.2 Å². The fourth-order valence-electron chi connectivity index (χ4n) is 4.69. The van der Waals surface area contributed by atoms with Crippen molar-refractivity contribution in [3.05, 3.63) is 47.3 Å². The smallest absolute Gasteiger partial charge is 0.377 e. The van der Waals surface area contributed by atoms with E-state index in [0.29, 0.717) is 31.3 Å². The van der Waals surface area contributed by atoms with Crippen molar-refractivity contribution in [1.29, 1.82) is 0 Å². The molecule has 2 unspecified atom stereocenters. The third kappa shape index (κ3) is 5.82. The number of rotatable bonds is 5. The van der Waals surface area contributed by atoms with E-state index in [-0.39, 0.29) is 12.2 Å². The first kappa shape index (κ1) is 21.4. The monoisotopic (exact) mass is 398 g/mol. The second-order valence-electron chi connectivity index (χ2n) is 8.32. The first-order chi connectivity index (χ1) is 13.4. The average Bonchev–Trinajstić information content (AvgIpc) is 2.68. The fourth-order valence-corrected chi connectivity index (χ4v) is 4.69. The van der Waals surface area contributed by atoms with Gasteiger partial charge in [-0.3, -0.25) is 0 Å². The maximum absolute atomic E-state index is 13.8. The highest BCUT2D eigenvalue weighted by molar-refractivity contribution is 5.26. The predicted molar refractivity (Wildman–Crippen MR) is 103 cm³/mol. The summed E-state index contributed by atoms with van der Waals surface area (Å²) in [5, 5.41) is 0. The maximum atomic E-state index is 13.8. The zero-order chi connectivity index (χ0) is 20.1. The van der Waals surface area contributed by atoms with Gasteiger partial charge < -0.3 is 4.74 Å². The highest BCUT2D eigenvalue weighted by Crippen LogP contribution is 2.40. The molecule has 0 bridgehead atoms. The molecule has 2 fully saturated rings. The summed E-state index contributed by atoms with van der Waals surface area (Å²) in [4.78, 5) is 0. The Kier molecular flexibility index (Phi) is 7.19. The molecular weight excluding hydrogens is 368 g/mol. The fraction of sp³-hybridized carbons (Fsp3) is 0.652. The second kappa shape index (κ2) is 9.43. The summed E-state index contributed by atoms with van der Waals surface area (Å²) in [6.07, 6.45) is 2.13. The Morgan fingerprint density at radius 1 is 1.04 bits per heavy atom. The predicted octanol–water partition coefficient (Wildman–Crippen LogP) is 7.12. The molecule has 3 rings (SSSR count). The Balaban J connectivity index is 1.46. The zero-order valence-corrected chi connectivity index (χ0v) is 16.5. The van der Waals surface area contributed by atoms with E-state index in [0.717, 1.165) is 38.5 Å². The Hall–Kier alpha value is -1.36. The number of ether oxygens (including phenoxy) is 1. The molecule has 1 aromatic rings. The Morgan fingerprint density at radius 2 is 1.71 bits per heavy atom. The third-order valence-electron chi connectivity index (χ3n) is 6.29. The van der Waals surface area contributed by atoms with Crippen molar-refractivity contribution < 1.29 is 22.3 Å². The summed E-state index contributed by atoms with van der Waals surface area (Å²) in [5.74, 6) is -0.851. The average molecular weight is 398 g/mol. The molecule has 2 atom stereocenters. The van der Waals surface area contributed by atoms with Gasteiger partial charge >= 0.3 is 6.18 Å². The summed E-state index contributed by atoms with van der Waals surface area (Å²) in [6.45, 7) is 2.87. The number of hydrogen-bond acceptors (Lipinski definition) is 1. The number of hydrogen-bond donors (Lipinski definition) is 0. The molecule has 1 aliphatic heterocycles. The summed E-state index contributed by atoms with van der Waals surface area (Å²) in [5.41, 5.74) is 2.69. The van der Waals surface area contributed by atoms with Gasteiger partial charge in [-0.05, 0) is 62.0 Å². The van der Waals surface area contributed by atoms with Gasteiger partial charge in [-0.1, -0.05) is 37.6 Å². The topological polar surface area (TPSA) is 9.23 Å². The van der Waals surface area contributed by atoms with Gasteiger partial charge in [0.25, 0.3) is 0 Å². The second-order valence-corrected chi connectivity index (χ2v) is 8.32. The van der Waals surface area contributed by atoms with Crippen molar-refractivity contribution in [1.82, 2.24) is 0 Å². The van der Waals surface area contributed by atoms with Crippen molar-refractivity contribution in [2.24, 2.45) is 11.8 Å². The van der Waals surface area contributed by atoms with E-state index in [4.69, 9.17) is 4.74 Å². The van der Waals surface area contributed by atoms with E-state index in [1.807, 2.05) is 0 Å². The van der Waals surface area contributed by atoms with Crippen LogP contribution >= 0.6 is 0 Å². The van der Waals surface area contributed by atoms with Crippen molar-refractivity contribution >= 4 is 0 Å². The van der Waals surface area contributed by atoms with Gasteiger partial charge in [0, 0.05) is 11.8 Å². The number of aryl methyl sites for hydroxylation is 1. The van der Waals surface area contributed by atoms with E-state index in [1.165, 1.54) is 11.1 Å². The van der Waals surface area contributed by atoms with E-state index in [9.17, 15) is 17.6 Å². The lowest BCUT2D eigenvalue weighted by molar-refractivity contribution is -0.0824. The van der Waals surface area contributed by atoms with Gasteiger partial charge in [0.15, 0.2) is 0 Å². The van der Waals surface area contributed by atoms with Crippen LogP contribution < -0.4 is 0 Å². The van der Waals surface area contributed by atoms with Crippen molar-refractivity contribution in [2.75, 3.05) is 6.61 Å². The van der Waals surface area contributed by atoms with Crippen molar-refractivity contribution in [3.8, 4) is 0 Å². The molecule has 156 valence electrons. The van der Waals surface area contributed by atoms with Gasteiger partial charge in [0.1, 0.15) is 5.83 Å². The molecule has 1 saturated heterocycles. The van der Waals surface area contributed by atoms with Crippen LogP contribution in [0.5, 0.6) is 0 Å². The van der Waals surface area contributed by atoms with Crippen LogP contribution in [0.15, 0.2) is 36.2 Å². The zero-order valence-electron chi connectivity index (χ0n) is 16.5. The van der Waals surface area contributed by atoms with Crippen LogP contribution in [0.1, 0.15) is 68.9 Å². The molecule has 1 heterocycles. The minimum absolute atomic E-state index is 0.159. The van der Waals surface area contributed by atoms with Gasteiger partial charge in [0.05, 0.1) is 18.8 Å². The molecule has 1 aliphatic carbocycles. The van der Waals surface area contributed by atoms with Gasteiger partial charge in [-0.15, -0.1) is 0 Å². The minimum atomic E-state index is -4.57. The first-order valence-corrected chi connectivity index (χ1v) is 10.5. The molecule has 1 nitrogen and oxygen atoms in total. The standard InChI is InChI=1S/C23H30F4O/c1-2-3-16-4-6-17(7-5-16)20-12-13-22(28-15-20)19-10-8-18(9-11-19)21(24)14-23(25,26)27/h4-7,14,18-20,22H,2-3,8-13,15H2,1H3/b21-14-. The van der Waals surface area contributed by atoms with Crippen molar-refractivity contribution in [2.45, 2.75) is 76.5 Å². The lowest BCUT2D eigenvalue weighted by Crippen LogP contribution is -2.33. The van der Waals surface area contributed by atoms with E-state index in [2.05, 4.69) is 31.2 Å². The normalized spacial score (nSPS) is 29.7. The Labute approximate surface area is 165 Å². The molecule has 0 amide bonds. The largest absolute Gasteiger partial charge is 0.412 e. The van der Waals surface area contributed by atoms with E-state index in [1.54, 1.807) is 0 Å². The molecule has 5 heteroatoms. The first-order valence-electron chi connectivity index (χ1n) is 10.5. The molecule has 0 N–H and O–H groups in total. The molecule has 0 radical (unpaired) electrons. The van der Waals surface area contributed by atoms with Gasteiger partial charge in [-0.25, -0.2) is 4.39 Å². The highest BCUT2D eigenvalue weighted by atomic mass is 19.4. The van der Waals surface area contributed by atoms with Crippen LogP contribution in [-0.4, -0.2) is 18.9 Å². The molecule has 0 spiro atoms. The van der Waals surface area contributed by atoms with Crippen LogP contribution in [0.2, 0.25) is 0 Å². The molecular formula is C23H30F4O. The number of halogens is 4. The molecule has 2 aliphatic rings. The number of allylic oxidation sites excluding steroid dienone is 2. The SMILES string of the molecule is CCCc1ccc(C2CCC(C3CCC(/C(F)=C/C(F)(F)F)CC3)OC2)cc1. The van der Waals surface area contributed by atoms with Crippen LogP contribution in [0.3, 0.4) is 0 Å². The Bertz CT molecular complexity index is 634. The third-order valence-corrected chi connectivity index (χ3v) is 6.29. The lowest BCUT2D eigenvalue weighted by atomic mass is 9.76. The number of alkyl halides is 3. The minimum Gasteiger partial charge on any atom is -0.377 e. The Morgan fingerprint density at radius 3 is 2.25 bits per heavy atom. The molecule has 28 heavy (non-hydrogen) atoms. The molecule has 0 aromatic heterocycles. The van der Waals surface area contributed by atoms with Crippen LogP contribution in [0, 0.1) is 11.8 Å². The molecule has 1 aromatic carbocycles. The van der Waals surface area contributed by atoms with Gasteiger partial charge in [0.2, 0.25) is 0 Å². The number of benzene rings is 1. The van der Waals surface area contributed by atoms with E-state index >= 15 is 0 Å². The summed E-state index contributed by atoms with van der Waals surface area (Å²) in [7, 11) is 0. The quantitative estimate of drug-likeness (QED) is 0.480. The summed E-state index contributed by atoms with van der Waals surface area (Å²) in [6, 6.07) is 8.82. The van der Waals surface area contributed by atoms with Crippen molar-refractivity contribution in [3.63, 3.8) is 0 Å². The van der Waals surface area contributed by atoms with Gasteiger partial charge in [-0.2, -0.15) is 13.2 Å². The van der Waals surface area contributed by atoms with E-state index < -0.39 is 17.9 Å². The highest BCUT2D eigenvalue weighted by Gasteiger charge is 2.34. The summed E-state index contributed by atoms with van der Waals surface area (Å²) < 4.78 is 56.9. The summed E-state index contributed by atoms with van der Waals surface area (Å²) >= 11 is 0.